The molecule has 0 bridgehead atoms. The van der Waals surface area contributed by atoms with Crippen molar-refractivity contribution in [1.82, 2.24) is 0 Å². The standard InChI is InChI=1S/C10H15F3O2/c11-10(12,13)7-3-6(5-14)8-1-2-15-9(8)4-7/h6-9,14H,1-5H2/t6-,7-,8+,9-/m0/s1. The topological polar surface area (TPSA) is 29.5 Å². The van der Waals surface area contributed by atoms with Gasteiger partial charge in [0.2, 0.25) is 0 Å². The molecule has 0 spiro atoms. The summed E-state index contributed by atoms with van der Waals surface area (Å²) in [5, 5.41) is 9.10. The second-order valence-corrected chi connectivity index (χ2v) is 4.51. The number of rotatable bonds is 1. The minimum absolute atomic E-state index is 0.0600. The normalized spacial score (nSPS) is 41.6. The Balaban J connectivity index is 2.08. The van der Waals surface area contributed by atoms with E-state index in [2.05, 4.69) is 0 Å². The van der Waals surface area contributed by atoms with Crippen molar-refractivity contribution < 1.29 is 23.0 Å². The molecule has 1 N–H and O–H groups in total. The first-order chi connectivity index (χ1) is 7.02. The molecule has 2 aliphatic rings. The lowest BCUT2D eigenvalue weighted by Gasteiger charge is -2.37. The average Bonchev–Trinajstić information content (AvgIpc) is 2.62. The fraction of sp³-hybridized carbons (Fsp3) is 1.00. The van der Waals surface area contributed by atoms with E-state index < -0.39 is 12.1 Å². The SMILES string of the molecule is OC[C@@H]1C[C@H](C(F)(F)F)C[C@@H]2OCC[C@H]12. The summed E-state index contributed by atoms with van der Waals surface area (Å²) in [5.41, 5.74) is 0. The Labute approximate surface area is 86.4 Å². The van der Waals surface area contributed by atoms with E-state index in [0.29, 0.717) is 6.61 Å². The molecule has 1 aliphatic carbocycles. The number of hydrogen-bond acceptors (Lipinski definition) is 2. The van der Waals surface area contributed by atoms with Crippen LogP contribution in [0, 0.1) is 17.8 Å². The molecule has 0 aromatic carbocycles. The lowest BCUT2D eigenvalue weighted by atomic mass is 9.72. The van der Waals surface area contributed by atoms with E-state index in [4.69, 9.17) is 9.84 Å². The fourth-order valence-electron chi connectivity index (χ4n) is 2.84. The molecule has 1 saturated carbocycles. The number of fused-ring (bicyclic) bond motifs is 1. The van der Waals surface area contributed by atoms with Gasteiger partial charge in [0.25, 0.3) is 0 Å². The zero-order valence-corrected chi connectivity index (χ0v) is 8.33. The predicted octanol–water partition coefficient (Wildman–Crippen LogP) is 1.97. The van der Waals surface area contributed by atoms with Crippen LogP contribution in [0.4, 0.5) is 13.2 Å². The summed E-state index contributed by atoms with van der Waals surface area (Å²) < 4.78 is 43.0. The van der Waals surface area contributed by atoms with Gasteiger partial charge < -0.3 is 9.84 Å². The van der Waals surface area contributed by atoms with E-state index in [-0.39, 0.29) is 37.4 Å². The minimum Gasteiger partial charge on any atom is -0.396 e. The molecular formula is C10H15F3O2. The third-order valence-corrected chi connectivity index (χ3v) is 3.67. The van der Waals surface area contributed by atoms with Crippen molar-refractivity contribution in [3.05, 3.63) is 0 Å². The highest BCUT2D eigenvalue weighted by molar-refractivity contribution is 4.91. The van der Waals surface area contributed by atoms with Gasteiger partial charge in [0.05, 0.1) is 12.0 Å². The van der Waals surface area contributed by atoms with Crippen LogP contribution in [0.2, 0.25) is 0 Å². The van der Waals surface area contributed by atoms with Crippen molar-refractivity contribution in [2.75, 3.05) is 13.2 Å². The first-order valence-corrected chi connectivity index (χ1v) is 5.31. The van der Waals surface area contributed by atoms with Crippen LogP contribution in [-0.4, -0.2) is 30.6 Å². The van der Waals surface area contributed by atoms with Gasteiger partial charge in [-0.25, -0.2) is 0 Å². The molecule has 2 nitrogen and oxygen atoms in total. The largest absolute Gasteiger partial charge is 0.396 e. The van der Waals surface area contributed by atoms with Gasteiger partial charge in [0.15, 0.2) is 0 Å². The summed E-state index contributed by atoms with van der Waals surface area (Å²) in [6.45, 7) is 0.382. The highest BCUT2D eigenvalue weighted by Gasteiger charge is 2.50. The molecule has 0 radical (unpaired) electrons. The van der Waals surface area contributed by atoms with Gasteiger partial charge in [-0.1, -0.05) is 0 Å². The summed E-state index contributed by atoms with van der Waals surface area (Å²) in [6, 6.07) is 0. The third-order valence-electron chi connectivity index (χ3n) is 3.67. The molecule has 88 valence electrons. The number of aliphatic hydroxyl groups excluding tert-OH is 1. The molecule has 1 saturated heterocycles. The van der Waals surface area contributed by atoms with Crippen molar-refractivity contribution in [3.63, 3.8) is 0 Å². The van der Waals surface area contributed by atoms with Crippen molar-refractivity contribution in [2.45, 2.75) is 31.5 Å². The summed E-state index contributed by atoms with van der Waals surface area (Å²) in [5.74, 6) is -1.40. The Morgan fingerprint density at radius 1 is 1.27 bits per heavy atom. The molecule has 1 heterocycles. The summed E-state index contributed by atoms with van der Waals surface area (Å²) in [4.78, 5) is 0. The molecule has 2 rings (SSSR count). The summed E-state index contributed by atoms with van der Waals surface area (Å²) >= 11 is 0. The Bertz CT molecular complexity index is 229. The lowest BCUT2D eigenvalue weighted by molar-refractivity contribution is -0.199. The van der Waals surface area contributed by atoms with Crippen LogP contribution in [0.15, 0.2) is 0 Å². The van der Waals surface area contributed by atoms with Crippen LogP contribution >= 0.6 is 0 Å². The second kappa shape index (κ2) is 3.94. The number of halogens is 3. The number of hydrogen-bond donors (Lipinski definition) is 1. The van der Waals surface area contributed by atoms with Crippen LogP contribution in [0.25, 0.3) is 0 Å². The number of aliphatic hydroxyl groups is 1. The third kappa shape index (κ3) is 2.13. The molecule has 0 aromatic heterocycles. The molecule has 0 aromatic rings. The van der Waals surface area contributed by atoms with E-state index in [9.17, 15) is 13.2 Å². The Morgan fingerprint density at radius 3 is 2.60 bits per heavy atom. The van der Waals surface area contributed by atoms with E-state index in [1.54, 1.807) is 0 Å². The van der Waals surface area contributed by atoms with Crippen LogP contribution in [0.1, 0.15) is 19.3 Å². The van der Waals surface area contributed by atoms with E-state index >= 15 is 0 Å². The first-order valence-electron chi connectivity index (χ1n) is 5.31. The monoisotopic (exact) mass is 224 g/mol. The first kappa shape index (κ1) is 11.2. The quantitative estimate of drug-likeness (QED) is 0.738. The maximum atomic E-state index is 12.6. The van der Waals surface area contributed by atoms with Gasteiger partial charge >= 0.3 is 6.18 Å². The van der Waals surface area contributed by atoms with Crippen molar-refractivity contribution in [3.8, 4) is 0 Å². The van der Waals surface area contributed by atoms with Crippen LogP contribution in [-0.2, 0) is 4.74 Å². The van der Waals surface area contributed by atoms with Gasteiger partial charge in [-0.05, 0) is 31.1 Å². The molecule has 5 heteroatoms. The van der Waals surface area contributed by atoms with Crippen LogP contribution in [0.5, 0.6) is 0 Å². The molecule has 1 aliphatic heterocycles. The van der Waals surface area contributed by atoms with Gasteiger partial charge in [0, 0.05) is 13.2 Å². The van der Waals surface area contributed by atoms with E-state index in [1.807, 2.05) is 0 Å². The van der Waals surface area contributed by atoms with Crippen molar-refractivity contribution in [1.29, 1.82) is 0 Å². The molecule has 0 unspecified atom stereocenters. The zero-order chi connectivity index (χ0) is 11.1. The van der Waals surface area contributed by atoms with Gasteiger partial charge in [0.1, 0.15) is 0 Å². The maximum absolute atomic E-state index is 12.6. The zero-order valence-electron chi connectivity index (χ0n) is 8.33. The van der Waals surface area contributed by atoms with Crippen molar-refractivity contribution in [2.24, 2.45) is 17.8 Å². The maximum Gasteiger partial charge on any atom is 0.391 e. The summed E-state index contributed by atoms with van der Waals surface area (Å²) in [7, 11) is 0. The molecule has 15 heavy (non-hydrogen) atoms. The Kier molecular flexibility index (Phi) is 2.94. The highest BCUT2D eigenvalue weighted by atomic mass is 19.4. The lowest BCUT2D eigenvalue weighted by Crippen LogP contribution is -2.40. The van der Waals surface area contributed by atoms with E-state index in [1.165, 1.54) is 0 Å². The average molecular weight is 224 g/mol. The highest BCUT2D eigenvalue weighted by Crippen LogP contribution is 2.46. The number of alkyl halides is 3. The smallest absolute Gasteiger partial charge is 0.391 e. The molecule has 2 fully saturated rings. The van der Waals surface area contributed by atoms with Gasteiger partial charge in [-0.3, -0.25) is 0 Å². The Hall–Kier alpha value is -0.290. The van der Waals surface area contributed by atoms with E-state index in [0.717, 1.165) is 6.42 Å². The van der Waals surface area contributed by atoms with Crippen LogP contribution in [0.3, 0.4) is 0 Å². The second-order valence-electron chi connectivity index (χ2n) is 4.51. The van der Waals surface area contributed by atoms with Gasteiger partial charge in [-0.15, -0.1) is 0 Å². The van der Waals surface area contributed by atoms with Crippen LogP contribution < -0.4 is 0 Å². The summed E-state index contributed by atoms with van der Waals surface area (Å²) in [6.07, 6.45) is -3.51. The Morgan fingerprint density at radius 2 is 2.00 bits per heavy atom. The predicted molar refractivity (Wildman–Crippen MR) is 47.2 cm³/mol. The van der Waals surface area contributed by atoms with Crippen molar-refractivity contribution >= 4 is 0 Å². The molecular weight excluding hydrogens is 209 g/mol. The van der Waals surface area contributed by atoms with Gasteiger partial charge in [-0.2, -0.15) is 13.2 Å². The fourth-order valence-corrected chi connectivity index (χ4v) is 2.84. The molecule has 4 atom stereocenters. The molecule has 0 amide bonds. The minimum atomic E-state index is -4.15. The number of ether oxygens (including phenoxy) is 1.